The quantitative estimate of drug-likeness (QED) is 0.503. The van der Waals surface area contributed by atoms with Crippen LogP contribution in [-0.2, 0) is 23.5 Å². The third-order valence-electron chi connectivity index (χ3n) is 7.04. The van der Waals surface area contributed by atoms with Gasteiger partial charge in [-0.1, -0.05) is 47.6 Å². The molecule has 3 rings (SSSR count). The molecule has 152 valence electrons. The van der Waals surface area contributed by atoms with Crippen LogP contribution in [0.2, 0.25) is 16.6 Å². The summed E-state index contributed by atoms with van der Waals surface area (Å²) < 4.78 is 18.3. The third kappa shape index (κ3) is 3.14. The van der Waals surface area contributed by atoms with Crippen molar-refractivity contribution in [1.82, 2.24) is 0 Å². The minimum absolute atomic E-state index is 0.0994. The fourth-order valence-electron chi connectivity index (χ4n) is 6.01. The molecule has 0 aromatic carbocycles. The second-order valence-electron chi connectivity index (χ2n) is 9.22. The van der Waals surface area contributed by atoms with Crippen molar-refractivity contribution in [2.24, 2.45) is 11.8 Å². The van der Waals surface area contributed by atoms with Crippen LogP contribution < -0.4 is 0 Å². The highest BCUT2D eigenvalue weighted by atomic mass is 28.4. The topological polar surface area (TPSA) is 61.8 Å². The predicted molar refractivity (Wildman–Crippen MR) is 106 cm³/mol. The number of rotatable bonds is 6. The van der Waals surface area contributed by atoms with Crippen molar-refractivity contribution >= 4 is 20.1 Å². The van der Waals surface area contributed by atoms with Gasteiger partial charge in [-0.3, -0.25) is 9.59 Å². The van der Waals surface area contributed by atoms with Gasteiger partial charge in [0.1, 0.15) is 0 Å². The molecule has 5 atom stereocenters. The summed E-state index contributed by atoms with van der Waals surface area (Å²) in [5.74, 6) is -0.704. The van der Waals surface area contributed by atoms with E-state index in [-0.39, 0.29) is 42.4 Å². The van der Waals surface area contributed by atoms with Gasteiger partial charge < -0.3 is 13.9 Å². The summed E-state index contributed by atoms with van der Waals surface area (Å²) in [6, 6.07) is 0. The van der Waals surface area contributed by atoms with E-state index in [1.807, 2.05) is 6.08 Å². The second-order valence-corrected chi connectivity index (χ2v) is 14.6. The Labute approximate surface area is 163 Å². The predicted octanol–water partition coefficient (Wildman–Crippen LogP) is 4.02. The summed E-state index contributed by atoms with van der Waals surface area (Å²) in [6.07, 6.45) is 2.15. The first-order chi connectivity index (χ1) is 12.6. The lowest BCUT2D eigenvalue weighted by Gasteiger charge is -2.47. The minimum Gasteiger partial charge on any atom is -0.469 e. The first-order valence-corrected chi connectivity index (χ1v) is 12.4. The van der Waals surface area contributed by atoms with E-state index >= 15 is 0 Å². The maximum atomic E-state index is 12.6. The first kappa shape index (κ1) is 20.7. The number of fused-ring (bicyclic) bond motifs is 1. The Morgan fingerprint density at radius 2 is 1.74 bits per heavy atom. The first-order valence-electron chi connectivity index (χ1n) is 10.3. The molecule has 1 aliphatic carbocycles. The fourth-order valence-corrected chi connectivity index (χ4v) is 11.6. The molecule has 0 amide bonds. The Morgan fingerprint density at radius 1 is 1.15 bits per heavy atom. The van der Waals surface area contributed by atoms with Gasteiger partial charge in [0.15, 0.2) is 5.78 Å². The molecule has 3 aliphatic rings. The zero-order chi connectivity index (χ0) is 20.1. The number of carbonyl (C=O) groups excluding carboxylic acids is 2. The smallest absolute Gasteiger partial charge is 0.311 e. The van der Waals surface area contributed by atoms with Gasteiger partial charge in [-0.25, -0.2) is 0 Å². The van der Waals surface area contributed by atoms with Gasteiger partial charge in [0.2, 0.25) is 8.32 Å². The number of methoxy groups -OCH3 is 1. The average molecular weight is 395 g/mol. The molecule has 6 heteroatoms. The lowest BCUT2D eigenvalue weighted by Crippen LogP contribution is -2.54. The zero-order valence-electron chi connectivity index (χ0n) is 17.7. The molecular formula is C21H34O5Si. The molecule has 27 heavy (non-hydrogen) atoms. The summed E-state index contributed by atoms with van der Waals surface area (Å²) in [5, 5.41) is 0. The number of ether oxygens (including phenoxy) is 2. The van der Waals surface area contributed by atoms with Crippen molar-refractivity contribution in [2.75, 3.05) is 7.11 Å². The van der Waals surface area contributed by atoms with Crippen molar-refractivity contribution in [1.29, 1.82) is 0 Å². The van der Waals surface area contributed by atoms with Gasteiger partial charge in [0.25, 0.3) is 0 Å². The maximum Gasteiger partial charge on any atom is 0.311 e. The van der Waals surface area contributed by atoms with Crippen molar-refractivity contribution in [3.05, 3.63) is 11.6 Å². The molecule has 2 fully saturated rings. The number of esters is 1. The molecule has 0 N–H and O–H groups in total. The summed E-state index contributed by atoms with van der Waals surface area (Å²) in [4.78, 5) is 25.1. The Hall–Kier alpha value is -0.983. The lowest BCUT2D eigenvalue weighted by molar-refractivity contribution is -0.149. The largest absolute Gasteiger partial charge is 0.469 e. The fraction of sp³-hybridized carbons (Fsp3) is 0.810. The number of hydrogen-bond acceptors (Lipinski definition) is 5. The lowest BCUT2D eigenvalue weighted by atomic mass is 9.78. The number of ketones is 1. The van der Waals surface area contributed by atoms with Gasteiger partial charge >= 0.3 is 5.97 Å². The van der Waals surface area contributed by atoms with Crippen LogP contribution >= 0.6 is 0 Å². The highest BCUT2D eigenvalue weighted by Crippen LogP contribution is 2.51. The monoisotopic (exact) mass is 394 g/mol. The number of carbonyl (C=O) groups is 2. The van der Waals surface area contributed by atoms with Crippen LogP contribution in [-0.4, -0.2) is 45.5 Å². The molecule has 5 nitrogen and oxygen atoms in total. The van der Waals surface area contributed by atoms with Gasteiger partial charge in [-0.05, 0) is 23.0 Å². The van der Waals surface area contributed by atoms with Crippen molar-refractivity contribution in [3.63, 3.8) is 0 Å². The Morgan fingerprint density at radius 3 is 2.26 bits per heavy atom. The Balaban J connectivity index is 2.00. The van der Waals surface area contributed by atoms with Gasteiger partial charge in [-0.2, -0.15) is 0 Å². The van der Waals surface area contributed by atoms with E-state index in [1.54, 1.807) is 0 Å². The van der Waals surface area contributed by atoms with Crippen molar-refractivity contribution in [3.8, 4) is 0 Å². The molecule has 2 heterocycles. The van der Waals surface area contributed by atoms with E-state index in [1.165, 1.54) is 7.11 Å². The van der Waals surface area contributed by atoms with Crippen LogP contribution in [0.1, 0.15) is 54.4 Å². The molecule has 0 unspecified atom stereocenters. The van der Waals surface area contributed by atoms with Gasteiger partial charge in [-0.15, -0.1) is 0 Å². The van der Waals surface area contributed by atoms with E-state index in [2.05, 4.69) is 41.5 Å². The molecular weight excluding hydrogens is 360 g/mol. The van der Waals surface area contributed by atoms with Crippen LogP contribution in [0.4, 0.5) is 0 Å². The molecule has 2 saturated heterocycles. The van der Waals surface area contributed by atoms with E-state index in [9.17, 15) is 9.59 Å². The van der Waals surface area contributed by atoms with E-state index < -0.39 is 14.2 Å². The third-order valence-corrected chi connectivity index (χ3v) is 13.2. The SMILES string of the molecule is COC(=O)[C@@H]1[C@@H]2[C@@H](O[Si](C(C)C)(C(C)C)C(C)C)CC=C3C(=O)C[C@H]1O[C@H]32. The molecule has 2 bridgehead atoms. The minimum atomic E-state index is -2.11. The molecule has 0 spiro atoms. The summed E-state index contributed by atoms with van der Waals surface area (Å²) >= 11 is 0. The normalized spacial score (nSPS) is 33.0. The zero-order valence-corrected chi connectivity index (χ0v) is 18.7. The number of Topliss-reactive ketones (excluding diaryl/α,β-unsaturated/α-hetero) is 1. The van der Waals surface area contributed by atoms with Crippen LogP contribution in [0.15, 0.2) is 11.6 Å². The van der Waals surface area contributed by atoms with Crippen LogP contribution in [0, 0.1) is 11.8 Å². The molecule has 0 aromatic rings. The second kappa shape index (κ2) is 7.45. The van der Waals surface area contributed by atoms with Crippen LogP contribution in [0.5, 0.6) is 0 Å². The Bertz CT molecular complexity index is 617. The van der Waals surface area contributed by atoms with E-state index in [0.29, 0.717) is 23.0 Å². The molecule has 0 aromatic heterocycles. The summed E-state index contributed by atoms with van der Waals surface area (Å²) in [5.41, 5.74) is 2.13. The van der Waals surface area contributed by atoms with E-state index in [0.717, 1.165) is 5.57 Å². The summed E-state index contributed by atoms with van der Waals surface area (Å²) in [6.45, 7) is 13.6. The molecule has 0 radical (unpaired) electrons. The van der Waals surface area contributed by atoms with Crippen LogP contribution in [0.25, 0.3) is 0 Å². The molecule has 0 saturated carbocycles. The van der Waals surface area contributed by atoms with E-state index in [4.69, 9.17) is 13.9 Å². The highest BCUT2D eigenvalue weighted by molar-refractivity contribution is 6.77. The summed E-state index contributed by atoms with van der Waals surface area (Å²) in [7, 11) is -0.698. The standard InChI is InChI=1S/C21H34O5Si/c1-11(2)27(12(3)4,13(5)6)26-16-9-8-14-15(22)10-17-19(21(23)24-7)18(16)20(14)25-17/h8,11-13,16-20H,9-10H2,1-7H3/t16-,17+,18-,19-,20+/m0/s1. The average Bonchev–Trinajstić information content (AvgIpc) is 2.93. The van der Waals surface area contributed by atoms with Crippen LogP contribution in [0.3, 0.4) is 0 Å². The van der Waals surface area contributed by atoms with Crippen molar-refractivity contribution < 1.29 is 23.5 Å². The number of hydrogen-bond donors (Lipinski definition) is 0. The van der Waals surface area contributed by atoms with Gasteiger partial charge in [0.05, 0.1) is 31.3 Å². The van der Waals surface area contributed by atoms with Gasteiger partial charge in [0, 0.05) is 17.9 Å². The van der Waals surface area contributed by atoms with Crippen molar-refractivity contribution in [2.45, 2.75) is 89.3 Å². The maximum absolute atomic E-state index is 12.6. The molecule has 2 aliphatic heterocycles. The highest BCUT2D eigenvalue weighted by Gasteiger charge is 2.60. The Kier molecular flexibility index (Phi) is 5.72.